The third kappa shape index (κ3) is 6.25. The lowest BCUT2D eigenvalue weighted by atomic mass is 9.90. The van der Waals surface area contributed by atoms with Crippen LogP contribution in [0.15, 0.2) is 18.2 Å². The number of hydrogen-bond donors (Lipinski definition) is 1. The number of aromatic nitrogens is 4. The van der Waals surface area contributed by atoms with Crippen LogP contribution < -0.4 is 15.4 Å². The monoisotopic (exact) mass is 722 g/mol. The first-order valence-corrected chi connectivity index (χ1v) is 17.4. The Morgan fingerprint density at radius 3 is 2.73 bits per heavy atom. The highest BCUT2D eigenvalue weighted by molar-refractivity contribution is 5.93. The fourth-order valence-corrected chi connectivity index (χ4v) is 8.17. The van der Waals surface area contributed by atoms with Gasteiger partial charge in [-0.3, -0.25) is 14.4 Å². The number of ether oxygens (including phenoxy) is 2. The summed E-state index contributed by atoms with van der Waals surface area (Å²) in [6, 6.07) is 0.987. The molecule has 0 spiro atoms. The molecule has 0 unspecified atom stereocenters. The molecule has 0 aliphatic carbocycles. The highest BCUT2D eigenvalue weighted by Gasteiger charge is 2.47. The van der Waals surface area contributed by atoms with Gasteiger partial charge in [0.25, 0.3) is 5.91 Å². The number of nitrogen functional groups attached to an aromatic ring is 1. The van der Waals surface area contributed by atoms with Gasteiger partial charge in [-0.1, -0.05) is 18.1 Å². The van der Waals surface area contributed by atoms with Crippen molar-refractivity contribution < 1.29 is 31.8 Å². The van der Waals surface area contributed by atoms with Crippen molar-refractivity contribution in [2.75, 3.05) is 51.0 Å². The van der Waals surface area contributed by atoms with E-state index in [1.54, 1.807) is 14.1 Å². The van der Waals surface area contributed by atoms with Crippen LogP contribution in [0, 0.1) is 24.6 Å². The van der Waals surface area contributed by atoms with Gasteiger partial charge in [0.1, 0.15) is 12.4 Å². The van der Waals surface area contributed by atoms with Crippen LogP contribution >= 0.6 is 0 Å². The van der Waals surface area contributed by atoms with Gasteiger partial charge in [0.2, 0.25) is 0 Å². The van der Waals surface area contributed by atoms with Crippen LogP contribution in [0.4, 0.5) is 29.1 Å². The van der Waals surface area contributed by atoms with Gasteiger partial charge in [-0.15, -0.1) is 5.92 Å². The smallest absolute Gasteiger partial charge is 0.418 e. The van der Waals surface area contributed by atoms with Crippen LogP contribution in [0.3, 0.4) is 0 Å². The van der Waals surface area contributed by atoms with Gasteiger partial charge in [-0.2, -0.15) is 28.2 Å². The molecule has 276 valence electrons. The average Bonchev–Trinajstić information content (AvgIpc) is 3.66. The molecule has 15 heteroatoms. The SMILES string of the molecule is C=C1CN2CCC[C@]2(COc2nc3c(c(N4CCCn5nc(C(=O)N(C)C)c(C)c5C4)n2)CO[C@H](c2c(F)c(N)cc(C#CC)c2C(F)(F)F)C3)C1. The lowest BCUT2D eigenvalue weighted by molar-refractivity contribution is -0.140. The van der Waals surface area contributed by atoms with Crippen molar-refractivity contribution in [1.82, 2.24) is 29.5 Å². The number of aryl methyl sites for hydroxylation is 1. The number of anilines is 2. The molecule has 0 bridgehead atoms. The number of benzene rings is 1. The molecule has 1 aromatic carbocycles. The molecule has 2 saturated heterocycles. The number of rotatable bonds is 6. The molecule has 3 aromatic rings. The van der Waals surface area contributed by atoms with Crippen molar-refractivity contribution in [1.29, 1.82) is 0 Å². The third-order valence-electron chi connectivity index (χ3n) is 10.6. The molecule has 4 aliphatic rings. The summed E-state index contributed by atoms with van der Waals surface area (Å²) in [5.41, 5.74) is 6.96. The Morgan fingerprint density at radius 2 is 2.00 bits per heavy atom. The number of alkyl halides is 3. The van der Waals surface area contributed by atoms with E-state index in [0.717, 1.165) is 55.2 Å². The Hall–Kier alpha value is -4.68. The second kappa shape index (κ2) is 13.4. The maximum Gasteiger partial charge on any atom is 0.418 e. The van der Waals surface area contributed by atoms with Crippen molar-refractivity contribution in [3.8, 4) is 17.9 Å². The molecular formula is C37H42F4N8O3. The van der Waals surface area contributed by atoms with Crippen LogP contribution in [-0.4, -0.2) is 81.3 Å². The Kier molecular flexibility index (Phi) is 9.19. The summed E-state index contributed by atoms with van der Waals surface area (Å²) in [5.74, 6) is 4.03. The van der Waals surface area contributed by atoms with Gasteiger partial charge in [0.05, 0.1) is 47.4 Å². The fraction of sp³-hybridized carbons (Fsp3) is 0.514. The van der Waals surface area contributed by atoms with Gasteiger partial charge in [-0.05, 0) is 52.1 Å². The average molecular weight is 723 g/mol. The zero-order valence-corrected chi connectivity index (χ0v) is 29.8. The van der Waals surface area contributed by atoms with Crippen molar-refractivity contribution >= 4 is 17.4 Å². The summed E-state index contributed by atoms with van der Waals surface area (Å²) >= 11 is 0. The molecule has 11 nitrogen and oxygen atoms in total. The van der Waals surface area contributed by atoms with Gasteiger partial charge in [0, 0.05) is 62.4 Å². The lowest BCUT2D eigenvalue weighted by Crippen LogP contribution is -2.43. The molecule has 2 N–H and O–H groups in total. The molecule has 0 radical (unpaired) electrons. The minimum absolute atomic E-state index is 0.0766. The quantitative estimate of drug-likeness (QED) is 0.159. The van der Waals surface area contributed by atoms with E-state index >= 15 is 4.39 Å². The van der Waals surface area contributed by atoms with Crippen LogP contribution in [0.25, 0.3) is 0 Å². The van der Waals surface area contributed by atoms with E-state index in [1.807, 2.05) is 16.5 Å². The van der Waals surface area contributed by atoms with Crippen LogP contribution in [0.1, 0.15) is 88.4 Å². The number of amides is 1. The number of hydrogen-bond acceptors (Lipinski definition) is 9. The van der Waals surface area contributed by atoms with Gasteiger partial charge in [-0.25, -0.2) is 4.39 Å². The topological polar surface area (TPSA) is 115 Å². The number of nitrogens with zero attached hydrogens (tertiary/aromatic N) is 7. The summed E-state index contributed by atoms with van der Waals surface area (Å²) in [6.45, 7) is 10.8. The molecule has 6 heterocycles. The normalized spacial score (nSPS) is 21.6. The van der Waals surface area contributed by atoms with E-state index in [1.165, 1.54) is 11.8 Å². The van der Waals surface area contributed by atoms with E-state index in [9.17, 15) is 18.0 Å². The Bertz CT molecular complexity index is 2020. The zero-order valence-electron chi connectivity index (χ0n) is 29.8. The Labute approximate surface area is 299 Å². The molecule has 7 rings (SSSR count). The summed E-state index contributed by atoms with van der Waals surface area (Å²) in [5, 5.41) is 4.64. The Balaban J connectivity index is 1.30. The first-order chi connectivity index (χ1) is 24.7. The van der Waals surface area contributed by atoms with Gasteiger partial charge >= 0.3 is 12.2 Å². The highest BCUT2D eigenvalue weighted by atomic mass is 19.4. The predicted molar refractivity (Wildman–Crippen MR) is 185 cm³/mol. The van der Waals surface area contributed by atoms with Crippen molar-refractivity contribution in [2.45, 2.75) is 83.5 Å². The highest BCUT2D eigenvalue weighted by Crippen LogP contribution is 2.45. The summed E-state index contributed by atoms with van der Waals surface area (Å²) < 4.78 is 73.9. The number of carbonyl (C=O) groups is 1. The molecule has 4 aliphatic heterocycles. The third-order valence-corrected chi connectivity index (χ3v) is 10.6. The molecule has 52 heavy (non-hydrogen) atoms. The van der Waals surface area contributed by atoms with Crippen LogP contribution in [0.5, 0.6) is 6.01 Å². The first kappa shape index (κ1) is 35.7. The van der Waals surface area contributed by atoms with Gasteiger partial charge in [0.15, 0.2) is 11.5 Å². The lowest BCUT2D eigenvalue weighted by Gasteiger charge is -2.33. The molecule has 1 amide bonds. The van der Waals surface area contributed by atoms with Crippen LogP contribution in [-0.2, 0) is 37.0 Å². The molecule has 2 fully saturated rings. The van der Waals surface area contributed by atoms with E-state index in [2.05, 4.69) is 28.4 Å². The summed E-state index contributed by atoms with van der Waals surface area (Å²) in [6.07, 6.45) is -3.06. The largest absolute Gasteiger partial charge is 0.461 e. The number of fused-ring (bicyclic) bond motifs is 3. The number of halogens is 4. The number of carbonyl (C=O) groups excluding carboxylic acids is 1. The van der Waals surface area contributed by atoms with Gasteiger partial charge < -0.3 is 25.0 Å². The van der Waals surface area contributed by atoms with E-state index < -0.39 is 40.5 Å². The fourth-order valence-electron chi connectivity index (χ4n) is 8.17. The minimum Gasteiger partial charge on any atom is -0.461 e. The second-order valence-corrected chi connectivity index (χ2v) is 14.3. The van der Waals surface area contributed by atoms with Crippen molar-refractivity contribution in [3.05, 3.63) is 68.9 Å². The maximum absolute atomic E-state index is 15.7. The molecule has 2 atom stereocenters. The van der Waals surface area contributed by atoms with Crippen molar-refractivity contribution in [3.63, 3.8) is 0 Å². The standard InChI is InChI=1S/C37H42F4N8O3/c1-6-9-23-14-25(42)31(38)29(30(23)37(39,40)41)28-15-26-24(19-51-28)33(44-35(43-26)52-20-36-10-7-12-48(36)17-21(2)16-36)47-11-8-13-49-27(18-47)22(3)32(45-49)34(50)46(4)5/h14,28H,2,7-8,10-13,15-20,42H2,1,3-5H3/t28-,36+/m0/s1. The predicted octanol–water partition coefficient (Wildman–Crippen LogP) is 5.19. The van der Waals surface area contributed by atoms with E-state index in [0.29, 0.717) is 55.4 Å². The molecule has 0 saturated carbocycles. The Morgan fingerprint density at radius 1 is 1.21 bits per heavy atom. The van der Waals surface area contributed by atoms with Crippen molar-refractivity contribution in [2.24, 2.45) is 0 Å². The number of nitrogens with two attached hydrogens (primary N) is 1. The zero-order chi connectivity index (χ0) is 37.1. The first-order valence-electron chi connectivity index (χ1n) is 17.4. The summed E-state index contributed by atoms with van der Waals surface area (Å²) in [7, 11) is 3.36. The minimum atomic E-state index is -4.94. The van der Waals surface area contributed by atoms with E-state index in [4.69, 9.17) is 25.2 Å². The second-order valence-electron chi connectivity index (χ2n) is 14.3. The van der Waals surface area contributed by atoms with Crippen LogP contribution in [0.2, 0.25) is 0 Å². The molecular weight excluding hydrogens is 680 g/mol. The maximum atomic E-state index is 15.7. The molecule has 2 aromatic heterocycles. The van der Waals surface area contributed by atoms with E-state index in [-0.39, 0.29) is 30.5 Å². The summed E-state index contributed by atoms with van der Waals surface area (Å²) in [4.78, 5) is 28.5.